The number of hydrogen-bond acceptors (Lipinski definition) is 4. The Bertz CT molecular complexity index is 395. The van der Waals surface area contributed by atoms with Gasteiger partial charge in [0.1, 0.15) is 5.76 Å². The minimum atomic E-state index is 0.181. The van der Waals surface area contributed by atoms with Gasteiger partial charge in [0, 0.05) is 25.1 Å². The first-order chi connectivity index (χ1) is 8.69. The van der Waals surface area contributed by atoms with Gasteiger partial charge in [0.15, 0.2) is 0 Å². The molecule has 0 aromatic carbocycles. The van der Waals surface area contributed by atoms with Crippen molar-refractivity contribution in [2.24, 2.45) is 5.92 Å². The predicted octanol–water partition coefficient (Wildman–Crippen LogP) is 1.33. The van der Waals surface area contributed by atoms with Gasteiger partial charge in [0.25, 0.3) is 0 Å². The van der Waals surface area contributed by atoms with Gasteiger partial charge in [-0.05, 0) is 39.8 Å². The third-order valence-electron chi connectivity index (χ3n) is 3.37. The minimum Gasteiger partial charge on any atom is -0.361 e. The van der Waals surface area contributed by atoms with Crippen LogP contribution in [0.5, 0.6) is 0 Å². The van der Waals surface area contributed by atoms with Gasteiger partial charge in [-0.2, -0.15) is 0 Å². The van der Waals surface area contributed by atoms with E-state index in [9.17, 15) is 4.79 Å². The lowest BCUT2D eigenvalue weighted by atomic mass is 9.96. The van der Waals surface area contributed by atoms with Crippen LogP contribution in [-0.2, 0) is 11.3 Å². The quantitative estimate of drug-likeness (QED) is 0.877. The van der Waals surface area contributed by atoms with Crippen molar-refractivity contribution in [3.63, 3.8) is 0 Å². The number of carbonyl (C=O) groups excluding carboxylic acids is 1. The third-order valence-corrected chi connectivity index (χ3v) is 3.37. The summed E-state index contributed by atoms with van der Waals surface area (Å²) >= 11 is 0. The van der Waals surface area contributed by atoms with Crippen LogP contribution in [-0.4, -0.2) is 35.6 Å². The van der Waals surface area contributed by atoms with Crippen LogP contribution in [0.15, 0.2) is 10.6 Å². The Morgan fingerprint density at radius 1 is 1.56 bits per heavy atom. The molecule has 0 atom stereocenters. The molecule has 0 radical (unpaired) electrons. The number of carbonyl (C=O) groups is 1. The Kier molecular flexibility index (Phi) is 4.36. The SMILES string of the molecule is CCNC(=O)C1CCN(Cc2cc(C)on2)CC1. The molecule has 1 saturated heterocycles. The first kappa shape index (κ1) is 13.1. The molecule has 1 aromatic heterocycles. The number of aryl methyl sites for hydroxylation is 1. The highest BCUT2D eigenvalue weighted by atomic mass is 16.5. The molecule has 0 bridgehead atoms. The summed E-state index contributed by atoms with van der Waals surface area (Å²) in [4.78, 5) is 14.0. The van der Waals surface area contributed by atoms with Crippen molar-refractivity contribution in [2.45, 2.75) is 33.2 Å². The van der Waals surface area contributed by atoms with Crippen molar-refractivity contribution in [2.75, 3.05) is 19.6 Å². The summed E-state index contributed by atoms with van der Waals surface area (Å²) in [5.41, 5.74) is 0.976. The number of rotatable bonds is 4. The van der Waals surface area contributed by atoms with E-state index in [0.29, 0.717) is 0 Å². The molecule has 1 aliphatic heterocycles. The predicted molar refractivity (Wildman–Crippen MR) is 67.9 cm³/mol. The maximum atomic E-state index is 11.7. The minimum absolute atomic E-state index is 0.181. The molecule has 2 rings (SSSR count). The van der Waals surface area contributed by atoms with E-state index in [1.54, 1.807) is 0 Å². The second kappa shape index (κ2) is 6.00. The van der Waals surface area contributed by atoms with Crippen molar-refractivity contribution in [3.8, 4) is 0 Å². The van der Waals surface area contributed by atoms with Gasteiger partial charge in [-0.1, -0.05) is 5.16 Å². The van der Waals surface area contributed by atoms with Crippen molar-refractivity contribution in [1.29, 1.82) is 0 Å². The fourth-order valence-electron chi connectivity index (χ4n) is 2.39. The van der Waals surface area contributed by atoms with Crippen LogP contribution in [0.25, 0.3) is 0 Å². The van der Waals surface area contributed by atoms with Gasteiger partial charge in [-0.3, -0.25) is 9.69 Å². The van der Waals surface area contributed by atoms with E-state index < -0.39 is 0 Å². The fraction of sp³-hybridized carbons (Fsp3) is 0.692. The molecule has 100 valence electrons. The van der Waals surface area contributed by atoms with Crippen molar-refractivity contribution >= 4 is 5.91 Å². The summed E-state index contributed by atoms with van der Waals surface area (Å²) < 4.78 is 5.06. The van der Waals surface area contributed by atoms with Gasteiger partial charge in [0.05, 0.1) is 5.69 Å². The van der Waals surface area contributed by atoms with Crippen LogP contribution in [0.4, 0.5) is 0 Å². The first-order valence-electron chi connectivity index (χ1n) is 6.61. The summed E-state index contributed by atoms with van der Waals surface area (Å²) in [6.45, 7) is 7.30. The molecular weight excluding hydrogens is 230 g/mol. The second-order valence-corrected chi connectivity index (χ2v) is 4.87. The highest BCUT2D eigenvalue weighted by molar-refractivity contribution is 5.78. The van der Waals surface area contributed by atoms with Gasteiger partial charge in [-0.25, -0.2) is 0 Å². The second-order valence-electron chi connectivity index (χ2n) is 4.87. The molecule has 5 heteroatoms. The zero-order valence-corrected chi connectivity index (χ0v) is 11.1. The summed E-state index contributed by atoms with van der Waals surface area (Å²) in [5.74, 6) is 1.23. The highest BCUT2D eigenvalue weighted by Crippen LogP contribution is 2.19. The third kappa shape index (κ3) is 3.32. The molecule has 18 heavy (non-hydrogen) atoms. The molecule has 0 saturated carbocycles. The van der Waals surface area contributed by atoms with Crippen LogP contribution in [0.1, 0.15) is 31.2 Å². The standard InChI is InChI=1S/C13H21N3O2/c1-3-14-13(17)11-4-6-16(7-5-11)9-12-8-10(2)18-15-12/h8,11H,3-7,9H2,1-2H3,(H,14,17). The average Bonchev–Trinajstić information content (AvgIpc) is 2.76. The Labute approximate surface area is 108 Å². The Morgan fingerprint density at radius 2 is 2.28 bits per heavy atom. The largest absolute Gasteiger partial charge is 0.361 e. The van der Waals surface area contributed by atoms with E-state index >= 15 is 0 Å². The van der Waals surface area contributed by atoms with Gasteiger partial charge in [-0.15, -0.1) is 0 Å². The summed E-state index contributed by atoms with van der Waals surface area (Å²) in [5, 5.41) is 6.90. The van der Waals surface area contributed by atoms with Crippen molar-refractivity contribution < 1.29 is 9.32 Å². The molecular formula is C13H21N3O2. The van der Waals surface area contributed by atoms with Crippen molar-refractivity contribution in [3.05, 3.63) is 17.5 Å². The molecule has 1 amide bonds. The molecule has 0 spiro atoms. The van der Waals surface area contributed by atoms with E-state index in [2.05, 4.69) is 15.4 Å². The van der Waals surface area contributed by atoms with Gasteiger partial charge in [0.2, 0.25) is 5.91 Å². The number of nitrogens with zero attached hydrogens (tertiary/aromatic N) is 2. The zero-order valence-electron chi connectivity index (χ0n) is 11.1. The Morgan fingerprint density at radius 3 is 2.83 bits per heavy atom. The Balaban J connectivity index is 1.78. The van der Waals surface area contributed by atoms with Gasteiger partial charge < -0.3 is 9.84 Å². The molecule has 1 N–H and O–H groups in total. The normalized spacial score (nSPS) is 17.9. The summed E-state index contributed by atoms with van der Waals surface area (Å²) in [6, 6.07) is 1.97. The molecule has 2 heterocycles. The number of likely N-dealkylation sites (tertiary alicyclic amines) is 1. The molecule has 1 fully saturated rings. The fourth-order valence-corrected chi connectivity index (χ4v) is 2.39. The van der Waals surface area contributed by atoms with E-state index in [-0.39, 0.29) is 11.8 Å². The zero-order chi connectivity index (χ0) is 13.0. The lowest BCUT2D eigenvalue weighted by molar-refractivity contribution is -0.126. The summed E-state index contributed by atoms with van der Waals surface area (Å²) in [7, 11) is 0. The highest BCUT2D eigenvalue weighted by Gasteiger charge is 2.24. The first-order valence-corrected chi connectivity index (χ1v) is 6.61. The lowest BCUT2D eigenvalue weighted by Crippen LogP contribution is -2.40. The molecule has 0 aliphatic carbocycles. The number of aromatic nitrogens is 1. The van der Waals surface area contributed by atoms with E-state index in [4.69, 9.17) is 4.52 Å². The summed E-state index contributed by atoms with van der Waals surface area (Å²) in [6.07, 6.45) is 1.87. The monoisotopic (exact) mass is 251 g/mol. The topological polar surface area (TPSA) is 58.4 Å². The average molecular weight is 251 g/mol. The van der Waals surface area contributed by atoms with Crippen LogP contribution in [0.3, 0.4) is 0 Å². The number of hydrogen-bond donors (Lipinski definition) is 1. The smallest absolute Gasteiger partial charge is 0.223 e. The van der Waals surface area contributed by atoms with Crippen LogP contribution in [0.2, 0.25) is 0 Å². The van der Waals surface area contributed by atoms with Gasteiger partial charge >= 0.3 is 0 Å². The van der Waals surface area contributed by atoms with E-state index in [1.807, 2.05) is 19.9 Å². The van der Waals surface area contributed by atoms with Crippen LogP contribution < -0.4 is 5.32 Å². The lowest BCUT2D eigenvalue weighted by Gasteiger charge is -2.30. The molecule has 0 unspecified atom stereocenters. The number of nitrogens with one attached hydrogen (secondary N) is 1. The van der Waals surface area contributed by atoms with Crippen LogP contribution >= 0.6 is 0 Å². The molecule has 1 aliphatic rings. The Hall–Kier alpha value is -1.36. The number of piperidine rings is 1. The number of amides is 1. The maximum absolute atomic E-state index is 11.7. The molecule has 1 aromatic rings. The van der Waals surface area contributed by atoms with Crippen molar-refractivity contribution in [1.82, 2.24) is 15.4 Å². The van der Waals surface area contributed by atoms with Crippen LogP contribution in [0, 0.1) is 12.8 Å². The molecule has 5 nitrogen and oxygen atoms in total. The van der Waals surface area contributed by atoms with E-state index in [1.165, 1.54) is 0 Å². The van der Waals surface area contributed by atoms with E-state index in [0.717, 1.165) is 50.5 Å². The maximum Gasteiger partial charge on any atom is 0.223 e.